The summed E-state index contributed by atoms with van der Waals surface area (Å²) in [7, 11) is 0. The number of halogens is 3. The van der Waals surface area contributed by atoms with E-state index in [9.17, 15) is 22.8 Å². The van der Waals surface area contributed by atoms with Crippen LogP contribution in [0.1, 0.15) is 30.0 Å². The number of H-pyrrole nitrogens is 2. The van der Waals surface area contributed by atoms with E-state index in [1.165, 1.54) is 17.7 Å². The average Bonchev–Trinajstić information content (AvgIpc) is 3.67. The number of nitrogens with zero attached hydrogens (tertiary/aromatic N) is 3. The van der Waals surface area contributed by atoms with Gasteiger partial charge in [-0.1, -0.05) is 0 Å². The van der Waals surface area contributed by atoms with E-state index in [0.717, 1.165) is 11.1 Å². The summed E-state index contributed by atoms with van der Waals surface area (Å²) in [5.74, 6) is -3.40. The predicted octanol–water partition coefficient (Wildman–Crippen LogP) is 4.93. The molecule has 39 heavy (non-hydrogen) atoms. The summed E-state index contributed by atoms with van der Waals surface area (Å²) in [4.78, 5) is 38.3. The number of fused-ring (bicyclic) bond motifs is 2. The van der Waals surface area contributed by atoms with Crippen molar-refractivity contribution in [2.45, 2.75) is 24.9 Å². The van der Waals surface area contributed by atoms with Crippen molar-refractivity contribution in [2.24, 2.45) is 0 Å². The number of esters is 2. The molecule has 0 aliphatic carbocycles. The summed E-state index contributed by atoms with van der Waals surface area (Å²) >= 11 is 1.22. The summed E-state index contributed by atoms with van der Waals surface area (Å²) in [5, 5.41) is 4.50. The number of hydrogen-bond donors (Lipinski definition) is 3. The molecular formula is C25H21F3N6O4S. The first-order valence-electron chi connectivity index (χ1n) is 11.8. The average molecular weight is 559 g/mol. The molecule has 4 heterocycles. The van der Waals surface area contributed by atoms with Crippen molar-refractivity contribution in [1.82, 2.24) is 24.3 Å². The van der Waals surface area contributed by atoms with Crippen LogP contribution < -0.4 is 10.1 Å². The van der Waals surface area contributed by atoms with Gasteiger partial charge in [-0.25, -0.2) is 9.78 Å². The third kappa shape index (κ3) is 6.00. The number of ether oxygens (including phenoxy) is 2. The molecule has 0 radical (unpaired) electrons. The molecule has 14 heteroatoms. The molecule has 1 aromatic carbocycles. The van der Waals surface area contributed by atoms with Gasteiger partial charge in [-0.15, -0.1) is 0 Å². The topological polar surface area (TPSA) is 135 Å². The lowest BCUT2D eigenvalue weighted by atomic mass is 9.90. The standard InChI is InChI=1S/C25H21F3N6O4S/c26-25(27,28)23(36)38-21(35)11-16(22-18-13-34-39-20(18)4-6-29-22)17-12-33-19-10-14(2-3-15(17)19)37-9-1-5-30-24-31-7-8-32-24/h2-4,6-8,10,12-13,16,33H,1,5,9,11H2,(H2,30,31,32). The molecule has 0 aliphatic heterocycles. The van der Waals surface area contributed by atoms with E-state index in [0.29, 0.717) is 52.4 Å². The minimum Gasteiger partial charge on any atom is -0.493 e. The van der Waals surface area contributed by atoms with Gasteiger partial charge >= 0.3 is 18.1 Å². The lowest BCUT2D eigenvalue weighted by Gasteiger charge is -2.16. The Bertz CT molecular complexity index is 1600. The molecule has 0 fully saturated rings. The van der Waals surface area contributed by atoms with Crippen LogP contribution in [0, 0.1) is 0 Å². The Morgan fingerprint density at radius 2 is 1.97 bits per heavy atom. The van der Waals surface area contributed by atoms with Gasteiger partial charge in [-0.2, -0.15) is 17.5 Å². The largest absolute Gasteiger partial charge is 0.493 e. The monoisotopic (exact) mass is 558 g/mol. The fraction of sp³-hybridized carbons (Fsp3) is 0.240. The Balaban J connectivity index is 1.36. The van der Waals surface area contributed by atoms with Crippen LogP contribution >= 0.6 is 11.5 Å². The van der Waals surface area contributed by atoms with Gasteiger partial charge in [-0.3, -0.25) is 9.78 Å². The molecule has 5 rings (SSSR count). The third-order valence-electron chi connectivity index (χ3n) is 5.89. The fourth-order valence-electron chi connectivity index (χ4n) is 4.15. The molecular weight excluding hydrogens is 537 g/mol. The quantitative estimate of drug-likeness (QED) is 0.125. The molecule has 0 aliphatic rings. The van der Waals surface area contributed by atoms with Crippen LogP contribution in [0.5, 0.6) is 5.75 Å². The van der Waals surface area contributed by atoms with E-state index in [2.05, 4.69) is 34.4 Å². The smallest absolute Gasteiger partial charge is 0.491 e. The zero-order chi connectivity index (χ0) is 27.4. The SMILES string of the molecule is O=C(CC(c1c[nH]c2cc(OCCCNc3ncc[nH]3)ccc12)c1nccc2sncc12)OC(=O)C(F)(F)F. The Morgan fingerprint density at radius 3 is 2.77 bits per heavy atom. The molecule has 202 valence electrons. The molecule has 4 aromatic heterocycles. The van der Waals surface area contributed by atoms with Gasteiger partial charge in [0.2, 0.25) is 0 Å². The van der Waals surface area contributed by atoms with Crippen LogP contribution in [-0.4, -0.2) is 55.6 Å². The van der Waals surface area contributed by atoms with Crippen LogP contribution in [0.4, 0.5) is 19.1 Å². The van der Waals surface area contributed by atoms with Crippen molar-refractivity contribution in [1.29, 1.82) is 0 Å². The number of rotatable bonds is 10. The Labute approximate surface area is 222 Å². The first kappa shape index (κ1) is 26.2. The molecule has 0 bridgehead atoms. The second-order valence-electron chi connectivity index (χ2n) is 8.47. The van der Waals surface area contributed by atoms with Gasteiger partial charge in [0.1, 0.15) is 5.75 Å². The number of carbonyl (C=O) groups is 2. The highest BCUT2D eigenvalue weighted by molar-refractivity contribution is 7.13. The van der Waals surface area contributed by atoms with Crippen molar-refractivity contribution in [3.05, 3.63) is 66.5 Å². The molecule has 0 spiro atoms. The van der Waals surface area contributed by atoms with Crippen molar-refractivity contribution in [2.75, 3.05) is 18.5 Å². The first-order chi connectivity index (χ1) is 18.8. The molecule has 1 atom stereocenters. The number of alkyl halides is 3. The van der Waals surface area contributed by atoms with E-state index in [-0.39, 0.29) is 0 Å². The fourth-order valence-corrected chi connectivity index (χ4v) is 4.80. The highest BCUT2D eigenvalue weighted by Crippen LogP contribution is 2.37. The van der Waals surface area contributed by atoms with E-state index >= 15 is 0 Å². The highest BCUT2D eigenvalue weighted by atomic mass is 32.1. The van der Waals surface area contributed by atoms with E-state index in [1.54, 1.807) is 49.1 Å². The van der Waals surface area contributed by atoms with Crippen molar-refractivity contribution < 1.29 is 32.2 Å². The number of anilines is 1. The summed E-state index contributed by atoms with van der Waals surface area (Å²) in [5.41, 5.74) is 1.72. The van der Waals surface area contributed by atoms with Crippen LogP contribution in [0.3, 0.4) is 0 Å². The molecule has 0 saturated heterocycles. The number of hydrogen-bond acceptors (Lipinski definition) is 9. The summed E-state index contributed by atoms with van der Waals surface area (Å²) < 4.78 is 52.9. The van der Waals surface area contributed by atoms with Gasteiger partial charge in [0, 0.05) is 59.6 Å². The van der Waals surface area contributed by atoms with E-state index in [4.69, 9.17) is 4.74 Å². The number of nitrogens with one attached hydrogen (secondary N) is 3. The summed E-state index contributed by atoms with van der Waals surface area (Å²) in [6, 6.07) is 7.11. The van der Waals surface area contributed by atoms with E-state index < -0.39 is 30.5 Å². The summed E-state index contributed by atoms with van der Waals surface area (Å²) in [6.07, 6.45) is 3.05. The van der Waals surface area contributed by atoms with Crippen LogP contribution in [0.2, 0.25) is 0 Å². The minimum absolute atomic E-state index is 0.433. The lowest BCUT2D eigenvalue weighted by molar-refractivity contribution is -0.201. The Kier molecular flexibility index (Phi) is 7.45. The summed E-state index contributed by atoms with van der Waals surface area (Å²) in [6.45, 7) is 1.11. The predicted molar refractivity (Wildman–Crippen MR) is 137 cm³/mol. The van der Waals surface area contributed by atoms with Crippen molar-refractivity contribution in [3.8, 4) is 5.75 Å². The van der Waals surface area contributed by atoms with Gasteiger partial charge in [-0.05, 0) is 41.7 Å². The van der Waals surface area contributed by atoms with Gasteiger partial charge in [0.15, 0.2) is 5.95 Å². The normalized spacial score (nSPS) is 12.5. The molecule has 3 N–H and O–H groups in total. The van der Waals surface area contributed by atoms with Crippen LogP contribution in [0.15, 0.2) is 55.2 Å². The number of pyridine rings is 1. The molecule has 0 amide bonds. The molecule has 0 saturated carbocycles. The van der Waals surface area contributed by atoms with Gasteiger partial charge < -0.3 is 24.8 Å². The zero-order valence-corrected chi connectivity index (χ0v) is 20.9. The Morgan fingerprint density at radius 1 is 1.10 bits per heavy atom. The number of aromatic amines is 2. The van der Waals surface area contributed by atoms with Crippen molar-refractivity contribution >= 4 is 50.4 Å². The Hall–Kier alpha value is -4.46. The van der Waals surface area contributed by atoms with Gasteiger partial charge in [0.25, 0.3) is 0 Å². The number of imidazole rings is 1. The molecule has 5 aromatic rings. The number of benzene rings is 1. The van der Waals surface area contributed by atoms with Crippen molar-refractivity contribution in [3.63, 3.8) is 0 Å². The van der Waals surface area contributed by atoms with Gasteiger partial charge in [0.05, 0.1) is 29.6 Å². The van der Waals surface area contributed by atoms with E-state index in [1.807, 2.05) is 0 Å². The molecule has 1 unspecified atom stereocenters. The first-order valence-corrected chi connectivity index (χ1v) is 12.5. The zero-order valence-electron chi connectivity index (χ0n) is 20.1. The minimum atomic E-state index is -5.29. The maximum absolute atomic E-state index is 12.7. The maximum atomic E-state index is 12.7. The lowest BCUT2D eigenvalue weighted by Crippen LogP contribution is -2.28. The second kappa shape index (κ2) is 11.1. The highest BCUT2D eigenvalue weighted by Gasteiger charge is 2.43. The number of aromatic nitrogens is 5. The van der Waals surface area contributed by atoms with Crippen LogP contribution in [0.25, 0.3) is 21.0 Å². The maximum Gasteiger partial charge on any atom is 0.491 e. The molecule has 10 nitrogen and oxygen atoms in total. The second-order valence-corrected chi connectivity index (χ2v) is 9.30. The van der Waals surface area contributed by atoms with Crippen LogP contribution in [-0.2, 0) is 14.3 Å². The number of carbonyl (C=O) groups excluding carboxylic acids is 2. The third-order valence-corrected chi connectivity index (χ3v) is 6.66.